The summed E-state index contributed by atoms with van der Waals surface area (Å²) in [6.45, 7) is 1.29. The molecule has 0 saturated carbocycles. The number of ether oxygens (including phenoxy) is 2. The zero-order valence-corrected chi connectivity index (χ0v) is 17.1. The Hall–Kier alpha value is -1.43. The normalized spacial score (nSPS) is 12.1. The van der Waals surface area contributed by atoms with Gasteiger partial charge in [0.25, 0.3) is 0 Å². The second kappa shape index (κ2) is 9.67. The molecule has 27 heavy (non-hydrogen) atoms. The van der Waals surface area contributed by atoms with Gasteiger partial charge in [0.2, 0.25) is 0 Å². The van der Waals surface area contributed by atoms with Gasteiger partial charge in [0.15, 0.2) is 0 Å². The van der Waals surface area contributed by atoms with Gasteiger partial charge in [-0.05, 0) is 29.8 Å². The topological polar surface area (TPSA) is 36.3 Å². The van der Waals surface area contributed by atoms with E-state index in [4.69, 9.17) is 55.9 Å². The highest BCUT2D eigenvalue weighted by molar-refractivity contribution is 6.42. The van der Waals surface area contributed by atoms with Crippen LogP contribution in [0.15, 0.2) is 55.1 Å². The Bertz CT molecular complexity index is 832. The van der Waals surface area contributed by atoms with Crippen molar-refractivity contribution in [3.63, 3.8) is 0 Å². The summed E-state index contributed by atoms with van der Waals surface area (Å²) in [6, 6.07) is 10.6. The predicted molar refractivity (Wildman–Crippen MR) is 109 cm³/mol. The van der Waals surface area contributed by atoms with Crippen LogP contribution in [-0.2, 0) is 17.9 Å². The van der Waals surface area contributed by atoms with Crippen LogP contribution < -0.4 is 4.74 Å². The van der Waals surface area contributed by atoms with E-state index in [9.17, 15) is 0 Å². The minimum absolute atomic E-state index is 0.219. The molecule has 0 radical (unpaired) electrons. The standard InChI is InChI=1S/C19H16Cl4N2O2/c20-16-3-1-13(7-18(16)22)10-26-15(9-25-6-5-24-12-25)11-27-14-2-4-17(21)19(23)8-14/h1-8,12,15H,9-11H2. The van der Waals surface area contributed by atoms with Gasteiger partial charge in [0.05, 0.1) is 39.6 Å². The smallest absolute Gasteiger partial charge is 0.121 e. The molecule has 2 aromatic carbocycles. The molecule has 0 bridgehead atoms. The van der Waals surface area contributed by atoms with E-state index in [1.165, 1.54) is 0 Å². The van der Waals surface area contributed by atoms with Crippen molar-refractivity contribution in [2.45, 2.75) is 19.3 Å². The number of aromatic nitrogens is 2. The van der Waals surface area contributed by atoms with Crippen molar-refractivity contribution in [1.82, 2.24) is 9.55 Å². The molecule has 1 atom stereocenters. The number of hydrogen-bond donors (Lipinski definition) is 0. The summed E-state index contributed by atoms with van der Waals surface area (Å²) in [5.41, 5.74) is 0.926. The molecule has 8 heteroatoms. The highest BCUT2D eigenvalue weighted by Crippen LogP contribution is 2.27. The Kier molecular flexibility index (Phi) is 7.27. The molecule has 0 aliphatic heterocycles. The van der Waals surface area contributed by atoms with Crippen LogP contribution in [0.25, 0.3) is 0 Å². The molecule has 1 heterocycles. The fraction of sp³-hybridized carbons (Fsp3) is 0.211. The SMILES string of the molecule is Clc1ccc(COC(COc2ccc(Cl)c(Cl)c2)Cn2ccnc2)cc1Cl. The van der Waals surface area contributed by atoms with E-state index >= 15 is 0 Å². The van der Waals surface area contributed by atoms with Crippen molar-refractivity contribution in [1.29, 1.82) is 0 Å². The highest BCUT2D eigenvalue weighted by atomic mass is 35.5. The van der Waals surface area contributed by atoms with Crippen molar-refractivity contribution in [2.75, 3.05) is 6.61 Å². The Morgan fingerprint density at radius 2 is 1.67 bits per heavy atom. The van der Waals surface area contributed by atoms with Gasteiger partial charge in [-0.15, -0.1) is 0 Å². The summed E-state index contributed by atoms with van der Waals surface area (Å²) in [5.74, 6) is 0.623. The summed E-state index contributed by atoms with van der Waals surface area (Å²) < 4.78 is 13.8. The minimum atomic E-state index is -0.219. The molecule has 0 fully saturated rings. The van der Waals surface area contributed by atoms with E-state index < -0.39 is 0 Å². The maximum absolute atomic E-state index is 6.07. The van der Waals surface area contributed by atoms with Gasteiger partial charge in [-0.1, -0.05) is 52.5 Å². The van der Waals surface area contributed by atoms with Crippen LogP contribution in [0.5, 0.6) is 5.75 Å². The van der Waals surface area contributed by atoms with Crippen molar-refractivity contribution in [2.24, 2.45) is 0 Å². The number of halogens is 4. The van der Waals surface area contributed by atoms with Gasteiger partial charge >= 0.3 is 0 Å². The zero-order chi connectivity index (χ0) is 19.2. The van der Waals surface area contributed by atoms with Crippen molar-refractivity contribution >= 4 is 46.4 Å². The third-order valence-electron chi connectivity index (χ3n) is 3.77. The predicted octanol–water partition coefficient (Wildman–Crippen LogP) is 6.16. The first-order valence-electron chi connectivity index (χ1n) is 8.10. The molecule has 0 spiro atoms. The lowest BCUT2D eigenvalue weighted by Crippen LogP contribution is -2.26. The Labute approximate surface area is 177 Å². The second-order valence-electron chi connectivity index (χ2n) is 5.83. The van der Waals surface area contributed by atoms with Crippen LogP contribution in [0.2, 0.25) is 20.1 Å². The lowest BCUT2D eigenvalue weighted by Gasteiger charge is -2.19. The largest absolute Gasteiger partial charge is 0.491 e. The molecule has 3 aromatic rings. The van der Waals surface area contributed by atoms with Gasteiger partial charge in [0, 0.05) is 18.5 Å². The summed E-state index contributed by atoms with van der Waals surface area (Å²) in [6.07, 6.45) is 5.10. The lowest BCUT2D eigenvalue weighted by molar-refractivity contribution is -0.000546. The van der Waals surface area contributed by atoms with E-state index in [1.54, 1.807) is 42.9 Å². The molecule has 1 aromatic heterocycles. The highest BCUT2D eigenvalue weighted by Gasteiger charge is 2.13. The van der Waals surface area contributed by atoms with E-state index in [0.29, 0.717) is 45.6 Å². The van der Waals surface area contributed by atoms with Crippen LogP contribution in [0, 0.1) is 0 Å². The Morgan fingerprint density at radius 3 is 2.33 bits per heavy atom. The van der Waals surface area contributed by atoms with E-state index in [0.717, 1.165) is 5.56 Å². The van der Waals surface area contributed by atoms with E-state index in [2.05, 4.69) is 4.98 Å². The van der Waals surface area contributed by atoms with Crippen molar-refractivity contribution < 1.29 is 9.47 Å². The van der Waals surface area contributed by atoms with Gasteiger partial charge in [-0.25, -0.2) is 4.98 Å². The maximum atomic E-state index is 6.07. The zero-order valence-electron chi connectivity index (χ0n) is 14.1. The lowest BCUT2D eigenvalue weighted by atomic mass is 10.2. The summed E-state index contributed by atoms with van der Waals surface area (Å²) in [4.78, 5) is 4.06. The molecular formula is C19H16Cl4N2O2. The van der Waals surface area contributed by atoms with E-state index in [1.807, 2.05) is 16.8 Å². The average molecular weight is 446 g/mol. The molecule has 0 saturated heterocycles. The third kappa shape index (κ3) is 6.03. The number of hydrogen-bond acceptors (Lipinski definition) is 3. The summed E-state index contributed by atoms with van der Waals surface area (Å²) >= 11 is 24.0. The number of benzene rings is 2. The molecule has 3 rings (SSSR count). The van der Waals surface area contributed by atoms with Crippen LogP contribution in [0.4, 0.5) is 0 Å². The van der Waals surface area contributed by atoms with Crippen LogP contribution >= 0.6 is 46.4 Å². The van der Waals surface area contributed by atoms with Crippen LogP contribution in [0.1, 0.15) is 5.56 Å². The number of nitrogens with zero attached hydrogens (tertiary/aromatic N) is 2. The first-order chi connectivity index (χ1) is 13.0. The van der Waals surface area contributed by atoms with Crippen molar-refractivity contribution in [3.05, 3.63) is 80.8 Å². The molecule has 4 nitrogen and oxygen atoms in total. The maximum Gasteiger partial charge on any atom is 0.121 e. The molecule has 0 amide bonds. The minimum Gasteiger partial charge on any atom is -0.491 e. The molecule has 0 aliphatic rings. The third-order valence-corrected chi connectivity index (χ3v) is 5.25. The molecule has 0 N–H and O–H groups in total. The first kappa shape index (κ1) is 20.3. The summed E-state index contributed by atoms with van der Waals surface area (Å²) in [5, 5.41) is 1.93. The van der Waals surface area contributed by atoms with E-state index in [-0.39, 0.29) is 6.10 Å². The molecular weight excluding hydrogens is 430 g/mol. The monoisotopic (exact) mass is 444 g/mol. The van der Waals surface area contributed by atoms with Gasteiger partial charge < -0.3 is 14.0 Å². The fourth-order valence-electron chi connectivity index (χ4n) is 2.38. The number of rotatable bonds is 8. The average Bonchev–Trinajstić information content (AvgIpc) is 3.16. The second-order valence-corrected chi connectivity index (χ2v) is 7.46. The van der Waals surface area contributed by atoms with Gasteiger partial charge in [-0.3, -0.25) is 0 Å². The molecule has 1 unspecified atom stereocenters. The van der Waals surface area contributed by atoms with Crippen LogP contribution in [0.3, 0.4) is 0 Å². The Morgan fingerprint density at radius 1 is 0.926 bits per heavy atom. The first-order valence-corrected chi connectivity index (χ1v) is 9.61. The van der Waals surface area contributed by atoms with Crippen molar-refractivity contribution in [3.8, 4) is 5.75 Å². The van der Waals surface area contributed by atoms with Gasteiger partial charge in [-0.2, -0.15) is 0 Å². The van der Waals surface area contributed by atoms with Crippen LogP contribution in [-0.4, -0.2) is 22.3 Å². The quantitative estimate of drug-likeness (QED) is 0.416. The fourth-order valence-corrected chi connectivity index (χ4v) is 2.99. The number of imidazole rings is 1. The molecule has 142 valence electrons. The Balaban J connectivity index is 1.64. The molecule has 0 aliphatic carbocycles. The van der Waals surface area contributed by atoms with Gasteiger partial charge in [0.1, 0.15) is 18.5 Å². The summed E-state index contributed by atoms with van der Waals surface area (Å²) in [7, 11) is 0.